The van der Waals surface area contributed by atoms with E-state index in [1.807, 2.05) is 25.2 Å². The van der Waals surface area contributed by atoms with Crippen molar-refractivity contribution >= 4 is 0 Å². The number of aliphatic hydroxyl groups is 1. The van der Waals surface area contributed by atoms with E-state index in [2.05, 4.69) is 30.6 Å². The van der Waals surface area contributed by atoms with Crippen LogP contribution in [0, 0.1) is 11.8 Å². The molecule has 0 aromatic carbocycles. The number of aliphatic hydroxyl groups excluding tert-OH is 1. The fourth-order valence-corrected chi connectivity index (χ4v) is 1.05. The van der Waals surface area contributed by atoms with Crippen LogP contribution in [0.4, 0.5) is 0 Å². The van der Waals surface area contributed by atoms with Gasteiger partial charge in [0, 0.05) is 0 Å². The second kappa shape index (κ2) is 13.3. The standard InChI is InChI=1S/C17H22O/c1-3-5-6-7-8-9-10-11-12-13-14-15-16-17(18)4-2/h3,5-6,9-12,15-18H,1,4,7-8H2,2H3. The van der Waals surface area contributed by atoms with Crippen molar-refractivity contribution in [2.45, 2.75) is 32.3 Å². The van der Waals surface area contributed by atoms with Crippen molar-refractivity contribution < 1.29 is 5.11 Å². The molecule has 0 saturated heterocycles. The summed E-state index contributed by atoms with van der Waals surface area (Å²) in [6, 6.07) is 0. The van der Waals surface area contributed by atoms with E-state index in [1.165, 1.54) is 0 Å². The van der Waals surface area contributed by atoms with Gasteiger partial charge >= 0.3 is 0 Å². The summed E-state index contributed by atoms with van der Waals surface area (Å²) in [6.45, 7) is 5.54. The molecule has 0 rings (SSSR count). The van der Waals surface area contributed by atoms with Crippen LogP contribution in [-0.4, -0.2) is 11.2 Å². The van der Waals surface area contributed by atoms with Gasteiger partial charge in [0.15, 0.2) is 0 Å². The summed E-state index contributed by atoms with van der Waals surface area (Å²) in [7, 11) is 0. The van der Waals surface area contributed by atoms with Crippen LogP contribution in [0.15, 0.2) is 61.3 Å². The predicted octanol–water partition coefficient (Wildman–Crippen LogP) is 3.95. The summed E-state index contributed by atoms with van der Waals surface area (Å²) >= 11 is 0. The molecule has 0 aromatic heterocycles. The third-order valence-corrected chi connectivity index (χ3v) is 2.10. The van der Waals surface area contributed by atoms with Crippen molar-refractivity contribution in [2.75, 3.05) is 0 Å². The summed E-state index contributed by atoms with van der Waals surface area (Å²) in [5, 5.41) is 9.22. The van der Waals surface area contributed by atoms with Crippen molar-refractivity contribution in [3.8, 4) is 11.8 Å². The molecule has 0 aliphatic rings. The number of rotatable bonds is 7. The highest BCUT2D eigenvalue weighted by molar-refractivity contribution is 5.26. The first-order valence-electron chi connectivity index (χ1n) is 6.26. The number of hydrogen-bond acceptors (Lipinski definition) is 1. The van der Waals surface area contributed by atoms with Gasteiger partial charge in [0.1, 0.15) is 0 Å². The molecule has 0 amide bonds. The lowest BCUT2D eigenvalue weighted by molar-refractivity contribution is 0.219. The van der Waals surface area contributed by atoms with Gasteiger partial charge in [0.2, 0.25) is 0 Å². The Labute approximate surface area is 111 Å². The van der Waals surface area contributed by atoms with Gasteiger partial charge < -0.3 is 5.11 Å². The van der Waals surface area contributed by atoms with E-state index in [1.54, 1.807) is 24.3 Å². The van der Waals surface area contributed by atoms with Crippen LogP contribution in [0.1, 0.15) is 26.2 Å². The molecule has 18 heavy (non-hydrogen) atoms. The molecule has 0 fully saturated rings. The summed E-state index contributed by atoms with van der Waals surface area (Å²) in [6.07, 6.45) is 19.4. The van der Waals surface area contributed by atoms with E-state index < -0.39 is 0 Å². The lowest BCUT2D eigenvalue weighted by Gasteiger charge is -1.95. The van der Waals surface area contributed by atoms with Crippen molar-refractivity contribution in [2.24, 2.45) is 0 Å². The van der Waals surface area contributed by atoms with Gasteiger partial charge in [-0.25, -0.2) is 0 Å². The van der Waals surface area contributed by atoms with Gasteiger partial charge in [-0.3, -0.25) is 0 Å². The van der Waals surface area contributed by atoms with Crippen molar-refractivity contribution in [3.05, 3.63) is 61.3 Å². The molecule has 0 heterocycles. The average Bonchev–Trinajstić information content (AvgIpc) is 2.39. The first-order chi connectivity index (χ1) is 8.81. The normalized spacial score (nSPS) is 13.4. The molecule has 1 heteroatoms. The van der Waals surface area contributed by atoms with Gasteiger partial charge in [0.25, 0.3) is 0 Å². The third-order valence-electron chi connectivity index (χ3n) is 2.10. The van der Waals surface area contributed by atoms with E-state index in [9.17, 15) is 5.11 Å². The van der Waals surface area contributed by atoms with Crippen LogP contribution in [-0.2, 0) is 0 Å². The van der Waals surface area contributed by atoms with Crippen molar-refractivity contribution in [1.82, 2.24) is 0 Å². The Morgan fingerprint density at radius 1 is 1.06 bits per heavy atom. The minimum atomic E-state index is -0.383. The Morgan fingerprint density at radius 2 is 1.72 bits per heavy atom. The zero-order valence-electron chi connectivity index (χ0n) is 11.0. The maximum atomic E-state index is 9.22. The largest absolute Gasteiger partial charge is 0.389 e. The van der Waals surface area contributed by atoms with E-state index in [0.717, 1.165) is 19.3 Å². The zero-order chi connectivity index (χ0) is 13.5. The third kappa shape index (κ3) is 12.3. The quantitative estimate of drug-likeness (QED) is 0.407. The Bertz CT molecular complexity index is 372. The molecular weight excluding hydrogens is 220 g/mol. The van der Waals surface area contributed by atoms with Crippen molar-refractivity contribution in [3.63, 3.8) is 0 Å². The first-order valence-corrected chi connectivity index (χ1v) is 6.26. The topological polar surface area (TPSA) is 20.2 Å². The van der Waals surface area contributed by atoms with E-state index in [-0.39, 0.29) is 6.10 Å². The average molecular weight is 242 g/mol. The summed E-state index contributed by atoms with van der Waals surface area (Å²) in [5.41, 5.74) is 0. The zero-order valence-corrected chi connectivity index (χ0v) is 11.0. The first kappa shape index (κ1) is 16.2. The smallest absolute Gasteiger partial charge is 0.0727 e. The van der Waals surface area contributed by atoms with Gasteiger partial charge in [-0.1, -0.05) is 61.8 Å². The van der Waals surface area contributed by atoms with Crippen LogP contribution in [0.25, 0.3) is 0 Å². The molecule has 1 atom stereocenters. The summed E-state index contributed by atoms with van der Waals surface area (Å²) in [5.74, 6) is 5.70. The molecular formula is C17H22O. The highest BCUT2D eigenvalue weighted by Crippen LogP contribution is 1.93. The van der Waals surface area contributed by atoms with Crippen LogP contribution >= 0.6 is 0 Å². The molecule has 0 aliphatic carbocycles. The number of unbranched alkanes of at least 4 members (excludes halogenated alkanes) is 1. The molecule has 0 aromatic rings. The number of hydrogen-bond donors (Lipinski definition) is 1. The maximum Gasteiger partial charge on any atom is 0.0727 e. The van der Waals surface area contributed by atoms with Gasteiger partial charge in [-0.2, -0.15) is 0 Å². The SMILES string of the molecule is C=CC=CCCC=CC=CC#CC=CC(O)CC. The summed E-state index contributed by atoms with van der Waals surface area (Å²) in [4.78, 5) is 0. The molecule has 1 unspecified atom stereocenters. The lowest BCUT2D eigenvalue weighted by Crippen LogP contribution is -1.97. The Morgan fingerprint density at radius 3 is 2.39 bits per heavy atom. The Hall–Kier alpha value is -1.78. The maximum absolute atomic E-state index is 9.22. The Kier molecular flexibility index (Phi) is 12.0. The minimum Gasteiger partial charge on any atom is -0.389 e. The second-order valence-electron chi connectivity index (χ2n) is 3.65. The molecule has 0 radical (unpaired) electrons. The van der Waals surface area contributed by atoms with Gasteiger partial charge in [-0.05, 0) is 37.5 Å². The summed E-state index contributed by atoms with van der Waals surface area (Å²) < 4.78 is 0. The predicted molar refractivity (Wildman–Crippen MR) is 80.1 cm³/mol. The highest BCUT2D eigenvalue weighted by atomic mass is 16.3. The minimum absolute atomic E-state index is 0.383. The molecule has 1 nitrogen and oxygen atoms in total. The van der Waals surface area contributed by atoms with E-state index >= 15 is 0 Å². The van der Waals surface area contributed by atoms with Crippen LogP contribution in [0.3, 0.4) is 0 Å². The molecule has 0 bridgehead atoms. The molecule has 96 valence electrons. The van der Waals surface area contributed by atoms with Crippen LogP contribution in [0.5, 0.6) is 0 Å². The van der Waals surface area contributed by atoms with Crippen molar-refractivity contribution in [1.29, 1.82) is 0 Å². The number of allylic oxidation sites excluding steroid dienone is 8. The van der Waals surface area contributed by atoms with Crippen LogP contribution < -0.4 is 0 Å². The monoisotopic (exact) mass is 242 g/mol. The van der Waals surface area contributed by atoms with E-state index in [0.29, 0.717) is 0 Å². The second-order valence-corrected chi connectivity index (χ2v) is 3.65. The fraction of sp³-hybridized carbons (Fsp3) is 0.294. The Balaban J connectivity index is 3.73. The van der Waals surface area contributed by atoms with E-state index in [4.69, 9.17) is 0 Å². The highest BCUT2D eigenvalue weighted by Gasteiger charge is 1.88. The molecule has 0 saturated carbocycles. The fourth-order valence-electron chi connectivity index (χ4n) is 1.05. The van der Waals surface area contributed by atoms with Gasteiger partial charge in [0.05, 0.1) is 6.10 Å². The molecule has 0 spiro atoms. The van der Waals surface area contributed by atoms with Crippen LogP contribution in [0.2, 0.25) is 0 Å². The van der Waals surface area contributed by atoms with Gasteiger partial charge in [-0.15, -0.1) is 0 Å². The lowest BCUT2D eigenvalue weighted by atomic mass is 10.2. The molecule has 1 N–H and O–H groups in total. The molecule has 0 aliphatic heterocycles.